The zero-order valence-electron chi connectivity index (χ0n) is 13.2. The molecular formula is C17H18N2O4. The van der Waals surface area contributed by atoms with Crippen LogP contribution in [0.25, 0.3) is 0 Å². The molecule has 6 nitrogen and oxygen atoms in total. The second-order valence-corrected chi connectivity index (χ2v) is 5.44. The maximum absolute atomic E-state index is 5.89. The first-order valence-corrected chi connectivity index (χ1v) is 7.22. The summed E-state index contributed by atoms with van der Waals surface area (Å²) < 4.78 is 22.8. The number of nitrogens with zero attached hydrogens (tertiary/aromatic N) is 2. The van der Waals surface area contributed by atoms with Crippen molar-refractivity contribution in [1.82, 2.24) is 0 Å². The van der Waals surface area contributed by atoms with Crippen LogP contribution in [0.15, 0.2) is 64.8 Å². The van der Waals surface area contributed by atoms with Gasteiger partial charge in [0, 0.05) is 0 Å². The molecule has 2 aromatic carbocycles. The molecule has 0 aliphatic carbocycles. The van der Waals surface area contributed by atoms with Crippen molar-refractivity contribution in [3.05, 3.63) is 54.6 Å². The maximum atomic E-state index is 5.89. The Morgan fingerprint density at radius 1 is 0.826 bits per heavy atom. The van der Waals surface area contributed by atoms with Crippen LogP contribution in [-0.4, -0.2) is 18.9 Å². The van der Waals surface area contributed by atoms with Gasteiger partial charge in [0.05, 0.1) is 7.11 Å². The molecule has 1 atom stereocenters. The Hall–Kier alpha value is -2.60. The average Bonchev–Trinajstić information content (AvgIpc) is 2.83. The number of azo groups is 1. The van der Waals surface area contributed by atoms with Gasteiger partial charge < -0.3 is 14.2 Å². The fraction of sp³-hybridized carbons (Fsp3) is 0.294. The monoisotopic (exact) mass is 314 g/mol. The SMILES string of the molecule is COc1ccccc1OC1(Oc2ccccc2)N=NC(C)(C)O1. The van der Waals surface area contributed by atoms with Gasteiger partial charge in [0.2, 0.25) is 0 Å². The van der Waals surface area contributed by atoms with E-state index in [-0.39, 0.29) is 0 Å². The van der Waals surface area contributed by atoms with E-state index in [9.17, 15) is 0 Å². The van der Waals surface area contributed by atoms with Crippen molar-refractivity contribution in [1.29, 1.82) is 0 Å². The molecule has 23 heavy (non-hydrogen) atoms. The molecule has 0 saturated heterocycles. The van der Waals surface area contributed by atoms with Crippen LogP contribution < -0.4 is 14.2 Å². The lowest BCUT2D eigenvalue weighted by molar-refractivity contribution is -0.310. The molecule has 0 aromatic heterocycles. The van der Waals surface area contributed by atoms with E-state index in [0.29, 0.717) is 17.2 Å². The maximum Gasteiger partial charge on any atom is 0.510 e. The summed E-state index contributed by atoms with van der Waals surface area (Å²) in [6, 6.07) is 16.4. The standard InChI is InChI=1S/C17H18N2O4/c1-16(2)18-19-17(23-16,21-13-9-5-4-6-10-13)22-15-12-8-7-11-14(15)20-3/h4-12H,1-3H3. The summed E-state index contributed by atoms with van der Waals surface area (Å²) in [4.78, 5) is 0. The van der Waals surface area contributed by atoms with Gasteiger partial charge in [-0.1, -0.05) is 35.4 Å². The van der Waals surface area contributed by atoms with Gasteiger partial charge in [-0.25, -0.2) is 0 Å². The van der Waals surface area contributed by atoms with Gasteiger partial charge in [-0.15, -0.1) is 5.11 Å². The van der Waals surface area contributed by atoms with E-state index < -0.39 is 11.8 Å². The van der Waals surface area contributed by atoms with Gasteiger partial charge in [0.1, 0.15) is 5.75 Å². The van der Waals surface area contributed by atoms with Crippen LogP contribution in [0.4, 0.5) is 0 Å². The molecule has 1 unspecified atom stereocenters. The summed E-state index contributed by atoms with van der Waals surface area (Å²) in [6.45, 7) is 3.55. The third kappa shape index (κ3) is 3.43. The Balaban J connectivity index is 1.92. The third-order valence-electron chi connectivity index (χ3n) is 3.09. The molecule has 1 aliphatic rings. The summed E-state index contributed by atoms with van der Waals surface area (Å²) in [5.74, 6) is 1.55. The molecule has 1 aliphatic heterocycles. The number of hydrogen-bond acceptors (Lipinski definition) is 6. The number of methoxy groups -OCH3 is 1. The zero-order chi connectivity index (χ0) is 16.3. The van der Waals surface area contributed by atoms with Gasteiger partial charge >= 0.3 is 6.10 Å². The first kappa shape index (κ1) is 15.3. The van der Waals surface area contributed by atoms with E-state index in [1.54, 1.807) is 45.2 Å². The molecule has 0 fully saturated rings. The highest BCUT2D eigenvalue weighted by Crippen LogP contribution is 2.38. The average molecular weight is 314 g/mol. The number of rotatable bonds is 5. The molecule has 1 heterocycles. The number of hydrogen-bond donors (Lipinski definition) is 0. The van der Waals surface area contributed by atoms with Crippen LogP contribution in [-0.2, 0) is 4.74 Å². The Kier molecular flexibility index (Phi) is 3.92. The van der Waals surface area contributed by atoms with E-state index in [0.717, 1.165) is 0 Å². The second-order valence-electron chi connectivity index (χ2n) is 5.44. The Morgan fingerprint density at radius 3 is 2.09 bits per heavy atom. The molecule has 0 N–H and O–H groups in total. The lowest BCUT2D eigenvalue weighted by Gasteiger charge is -2.28. The summed E-state index contributed by atoms with van der Waals surface area (Å²) in [5, 5.41) is 8.17. The number of benzene rings is 2. The molecule has 3 rings (SSSR count). The van der Waals surface area contributed by atoms with Crippen molar-refractivity contribution < 1.29 is 18.9 Å². The van der Waals surface area contributed by atoms with Gasteiger partial charge in [-0.3, -0.25) is 4.74 Å². The predicted molar refractivity (Wildman–Crippen MR) is 83.4 cm³/mol. The fourth-order valence-corrected chi connectivity index (χ4v) is 2.12. The smallest absolute Gasteiger partial charge is 0.493 e. The number of para-hydroxylation sites is 3. The van der Waals surface area contributed by atoms with Gasteiger partial charge in [-0.05, 0) is 38.1 Å². The molecule has 120 valence electrons. The van der Waals surface area contributed by atoms with Crippen LogP contribution in [0.2, 0.25) is 0 Å². The molecule has 0 amide bonds. The van der Waals surface area contributed by atoms with Crippen LogP contribution >= 0.6 is 0 Å². The summed E-state index contributed by atoms with van der Waals surface area (Å²) in [5.41, 5.74) is -0.850. The van der Waals surface area contributed by atoms with E-state index in [1.165, 1.54) is 0 Å². The molecule has 6 heteroatoms. The van der Waals surface area contributed by atoms with E-state index >= 15 is 0 Å². The first-order valence-electron chi connectivity index (χ1n) is 7.22. The highest BCUT2D eigenvalue weighted by atomic mass is 16.9. The zero-order valence-corrected chi connectivity index (χ0v) is 13.2. The molecular weight excluding hydrogens is 296 g/mol. The highest BCUT2D eigenvalue weighted by molar-refractivity contribution is 5.39. The molecule has 2 aromatic rings. The Morgan fingerprint density at radius 2 is 1.48 bits per heavy atom. The first-order chi connectivity index (χ1) is 11.0. The fourth-order valence-electron chi connectivity index (χ4n) is 2.12. The Bertz CT molecular complexity index is 703. The molecule has 0 saturated carbocycles. The molecule has 0 spiro atoms. The van der Waals surface area contributed by atoms with Crippen molar-refractivity contribution in [2.45, 2.75) is 25.7 Å². The van der Waals surface area contributed by atoms with Gasteiger partial charge in [0.15, 0.2) is 17.2 Å². The predicted octanol–water partition coefficient (Wildman–Crippen LogP) is 3.98. The van der Waals surface area contributed by atoms with E-state index in [2.05, 4.69) is 10.2 Å². The second kappa shape index (κ2) is 5.89. The summed E-state index contributed by atoms with van der Waals surface area (Å²) in [7, 11) is 1.56. The minimum Gasteiger partial charge on any atom is -0.493 e. The summed E-state index contributed by atoms with van der Waals surface area (Å²) >= 11 is 0. The molecule has 0 radical (unpaired) electrons. The summed E-state index contributed by atoms with van der Waals surface area (Å²) in [6.07, 6.45) is -1.69. The van der Waals surface area contributed by atoms with Crippen LogP contribution in [0.3, 0.4) is 0 Å². The van der Waals surface area contributed by atoms with Crippen molar-refractivity contribution in [3.63, 3.8) is 0 Å². The van der Waals surface area contributed by atoms with Crippen molar-refractivity contribution in [3.8, 4) is 17.2 Å². The van der Waals surface area contributed by atoms with E-state index in [4.69, 9.17) is 18.9 Å². The van der Waals surface area contributed by atoms with Crippen LogP contribution in [0, 0.1) is 0 Å². The Labute approximate surface area is 134 Å². The molecule has 0 bridgehead atoms. The third-order valence-corrected chi connectivity index (χ3v) is 3.09. The normalized spacial score (nSPS) is 21.9. The number of ether oxygens (including phenoxy) is 4. The topological polar surface area (TPSA) is 61.6 Å². The van der Waals surface area contributed by atoms with Crippen molar-refractivity contribution >= 4 is 0 Å². The lowest BCUT2D eigenvalue weighted by atomic mass is 10.3. The van der Waals surface area contributed by atoms with Gasteiger partial charge in [0.25, 0.3) is 0 Å². The quantitative estimate of drug-likeness (QED) is 0.783. The lowest BCUT2D eigenvalue weighted by Crippen LogP contribution is -2.44. The van der Waals surface area contributed by atoms with Gasteiger partial charge in [-0.2, -0.15) is 0 Å². The van der Waals surface area contributed by atoms with Crippen molar-refractivity contribution in [2.75, 3.05) is 7.11 Å². The minimum atomic E-state index is -1.69. The van der Waals surface area contributed by atoms with Crippen LogP contribution in [0.1, 0.15) is 13.8 Å². The highest BCUT2D eigenvalue weighted by Gasteiger charge is 2.49. The van der Waals surface area contributed by atoms with Crippen molar-refractivity contribution in [2.24, 2.45) is 10.2 Å². The minimum absolute atomic E-state index is 0.447. The van der Waals surface area contributed by atoms with E-state index in [1.807, 2.05) is 30.3 Å². The van der Waals surface area contributed by atoms with Crippen LogP contribution in [0.5, 0.6) is 17.2 Å². The largest absolute Gasteiger partial charge is 0.510 e.